The summed E-state index contributed by atoms with van der Waals surface area (Å²) in [6.45, 7) is 0. The summed E-state index contributed by atoms with van der Waals surface area (Å²) in [5.74, 6) is 1.40. The molecule has 0 amide bonds. The van der Waals surface area contributed by atoms with Crippen molar-refractivity contribution in [2.24, 2.45) is 16.9 Å². The molecule has 3 nitrogen and oxygen atoms in total. The number of fused-ring (bicyclic) bond motifs is 1. The van der Waals surface area contributed by atoms with Gasteiger partial charge in [0.05, 0.1) is 5.56 Å². The fourth-order valence-electron chi connectivity index (χ4n) is 2.42. The lowest BCUT2D eigenvalue weighted by atomic mass is 9.74. The van der Waals surface area contributed by atoms with Gasteiger partial charge in [-0.2, -0.15) is 18.3 Å². The average Bonchev–Trinajstić information content (AvgIpc) is 2.71. The van der Waals surface area contributed by atoms with Gasteiger partial charge < -0.3 is 0 Å². The number of aromatic nitrogens is 1. The number of alkyl halides is 3. The van der Waals surface area contributed by atoms with Crippen LogP contribution in [0.4, 0.5) is 19.0 Å². The van der Waals surface area contributed by atoms with Crippen molar-refractivity contribution < 1.29 is 13.2 Å². The maximum absolute atomic E-state index is 12.3. The molecule has 0 spiro atoms. The maximum atomic E-state index is 12.3. The molecule has 0 bridgehead atoms. The Balaban J connectivity index is 1.63. The van der Waals surface area contributed by atoms with Crippen LogP contribution in [-0.2, 0) is 6.18 Å². The van der Waals surface area contributed by atoms with Gasteiger partial charge in [-0.05, 0) is 30.9 Å². The Bertz CT molecular complexity index is 531. The van der Waals surface area contributed by atoms with Crippen LogP contribution >= 0.6 is 0 Å². The third-order valence-electron chi connectivity index (χ3n) is 3.57. The van der Waals surface area contributed by atoms with E-state index in [2.05, 4.69) is 27.7 Å². The molecule has 0 aromatic carbocycles. The van der Waals surface area contributed by atoms with Crippen molar-refractivity contribution in [3.05, 3.63) is 36.0 Å². The maximum Gasteiger partial charge on any atom is 0.417 e. The highest BCUT2D eigenvalue weighted by Gasteiger charge is 2.38. The van der Waals surface area contributed by atoms with Crippen molar-refractivity contribution in [2.75, 3.05) is 5.43 Å². The van der Waals surface area contributed by atoms with E-state index in [-0.39, 0.29) is 0 Å². The van der Waals surface area contributed by atoms with Gasteiger partial charge in [-0.1, -0.05) is 12.2 Å². The predicted molar refractivity (Wildman–Crippen MR) is 65.7 cm³/mol. The number of rotatable bonds is 2. The average molecular weight is 267 g/mol. The van der Waals surface area contributed by atoms with E-state index in [1.54, 1.807) is 0 Å². The second-order valence-corrected chi connectivity index (χ2v) is 4.78. The van der Waals surface area contributed by atoms with Gasteiger partial charge in [-0.3, -0.25) is 5.43 Å². The molecule has 0 saturated heterocycles. The molecule has 2 aliphatic carbocycles. The molecule has 2 atom stereocenters. The number of nitrogens with zero attached hydrogens (tertiary/aromatic N) is 2. The highest BCUT2D eigenvalue weighted by molar-refractivity contribution is 5.94. The van der Waals surface area contributed by atoms with Crippen molar-refractivity contribution in [3.63, 3.8) is 0 Å². The Labute approximate surface area is 108 Å². The number of nitrogens with one attached hydrogen (secondary N) is 1. The summed E-state index contributed by atoms with van der Waals surface area (Å²) >= 11 is 0. The van der Waals surface area contributed by atoms with E-state index in [0.29, 0.717) is 17.7 Å². The van der Waals surface area contributed by atoms with Crippen LogP contribution in [0.3, 0.4) is 0 Å². The van der Waals surface area contributed by atoms with Crippen LogP contribution in [0, 0.1) is 11.8 Å². The molecule has 3 rings (SSSR count). The summed E-state index contributed by atoms with van der Waals surface area (Å²) in [6.07, 6.45) is 2.73. The molecule has 0 aliphatic heterocycles. The van der Waals surface area contributed by atoms with E-state index >= 15 is 0 Å². The van der Waals surface area contributed by atoms with Crippen LogP contribution in [-0.4, -0.2) is 10.7 Å². The van der Waals surface area contributed by atoms with Crippen LogP contribution in [0.1, 0.15) is 18.4 Å². The minimum atomic E-state index is -4.35. The van der Waals surface area contributed by atoms with Crippen molar-refractivity contribution in [3.8, 4) is 0 Å². The summed E-state index contributed by atoms with van der Waals surface area (Å²) in [4.78, 5) is 3.71. The normalized spacial score (nSPS) is 27.2. The standard InChI is InChI=1S/C13H12F3N3/c14-13(15,16)9-4-5-12(17-7-9)19-18-11-6-8-2-1-3-10(8)11/h1-2,4-5,7-8,10H,3,6H2,(H,17,19)/b18-11-/t8-,10+/m1/s1. The highest BCUT2D eigenvalue weighted by Crippen LogP contribution is 2.40. The zero-order valence-electron chi connectivity index (χ0n) is 9.98. The molecule has 0 radical (unpaired) electrons. The second-order valence-electron chi connectivity index (χ2n) is 4.78. The van der Waals surface area contributed by atoms with Gasteiger partial charge in [0.1, 0.15) is 5.82 Å². The molecule has 1 fully saturated rings. The van der Waals surface area contributed by atoms with E-state index in [4.69, 9.17) is 0 Å². The summed E-state index contributed by atoms with van der Waals surface area (Å²) in [6, 6.07) is 2.28. The molecule has 0 unspecified atom stereocenters. The number of hydrogen-bond acceptors (Lipinski definition) is 3. The van der Waals surface area contributed by atoms with Crippen molar-refractivity contribution in [1.29, 1.82) is 0 Å². The Hall–Kier alpha value is -1.85. The van der Waals surface area contributed by atoms with Crippen molar-refractivity contribution >= 4 is 11.5 Å². The topological polar surface area (TPSA) is 37.3 Å². The van der Waals surface area contributed by atoms with E-state index in [1.807, 2.05) is 0 Å². The third kappa shape index (κ3) is 2.34. The summed E-state index contributed by atoms with van der Waals surface area (Å²) < 4.78 is 37.0. The van der Waals surface area contributed by atoms with Crippen molar-refractivity contribution in [1.82, 2.24) is 4.98 Å². The first kappa shape index (κ1) is 12.2. The van der Waals surface area contributed by atoms with E-state index in [1.165, 1.54) is 6.07 Å². The van der Waals surface area contributed by atoms with Crippen LogP contribution in [0.15, 0.2) is 35.6 Å². The summed E-state index contributed by atoms with van der Waals surface area (Å²) in [5, 5.41) is 4.22. The highest BCUT2D eigenvalue weighted by atomic mass is 19.4. The molecular formula is C13H12F3N3. The van der Waals surface area contributed by atoms with E-state index in [9.17, 15) is 13.2 Å². The van der Waals surface area contributed by atoms with Crippen molar-refractivity contribution in [2.45, 2.75) is 19.0 Å². The number of hydrogen-bond donors (Lipinski definition) is 1. The predicted octanol–water partition coefficient (Wildman–Crippen LogP) is 3.46. The third-order valence-corrected chi connectivity index (χ3v) is 3.57. The molecule has 100 valence electrons. The Kier molecular flexibility index (Phi) is 2.80. The van der Waals surface area contributed by atoms with Gasteiger partial charge in [-0.15, -0.1) is 0 Å². The van der Waals surface area contributed by atoms with Crippen LogP contribution in [0.5, 0.6) is 0 Å². The van der Waals surface area contributed by atoms with Gasteiger partial charge in [0.15, 0.2) is 0 Å². The van der Waals surface area contributed by atoms with E-state index < -0.39 is 11.7 Å². The lowest BCUT2D eigenvalue weighted by molar-refractivity contribution is -0.137. The van der Waals surface area contributed by atoms with Gasteiger partial charge in [0, 0.05) is 17.8 Å². The molecule has 2 aliphatic rings. The molecular weight excluding hydrogens is 255 g/mol. The smallest absolute Gasteiger partial charge is 0.261 e. The van der Waals surface area contributed by atoms with Gasteiger partial charge in [-0.25, -0.2) is 4.98 Å². The van der Waals surface area contributed by atoms with Gasteiger partial charge >= 0.3 is 6.18 Å². The number of anilines is 1. The lowest BCUT2D eigenvalue weighted by Crippen LogP contribution is -2.33. The molecule has 1 saturated carbocycles. The number of allylic oxidation sites excluding steroid dienone is 2. The molecule has 6 heteroatoms. The molecule has 1 heterocycles. The monoisotopic (exact) mass is 267 g/mol. The van der Waals surface area contributed by atoms with Gasteiger partial charge in [0.25, 0.3) is 0 Å². The van der Waals surface area contributed by atoms with Gasteiger partial charge in [0.2, 0.25) is 0 Å². The number of pyridine rings is 1. The zero-order valence-corrected chi connectivity index (χ0v) is 9.98. The first-order valence-electron chi connectivity index (χ1n) is 6.06. The molecule has 1 N–H and O–H groups in total. The SMILES string of the molecule is FC(F)(F)c1ccc(N/N=C2/C[C@H]3C=CC[C@H]23)nc1. The number of halogens is 3. The minimum absolute atomic E-state index is 0.329. The minimum Gasteiger partial charge on any atom is -0.261 e. The second kappa shape index (κ2) is 4.36. The molecule has 1 aromatic rings. The van der Waals surface area contributed by atoms with E-state index in [0.717, 1.165) is 30.8 Å². The Morgan fingerprint density at radius 1 is 1.32 bits per heavy atom. The molecule has 19 heavy (non-hydrogen) atoms. The van der Waals surface area contributed by atoms with Crippen LogP contribution in [0.25, 0.3) is 0 Å². The zero-order chi connectivity index (χ0) is 13.5. The van der Waals surface area contributed by atoms with Crippen LogP contribution < -0.4 is 5.43 Å². The Morgan fingerprint density at radius 3 is 2.79 bits per heavy atom. The molecule has 1 aromatic heterocycles. The number of hydrazone groups is 1. The Morgan fingerprint density at radius 2 is 2.16 bits per heavy atom. The summed E-state index contributed by atoms with van der Waals surface area (Å²) in [7, 11) is 0. The van der Waals surface area contributed by atoms with Crippen LogP contribution in [0.2, 0.25) is 0 Å². The summed E-state index contributed by atoms with van der Waals surface area (Å²) in [5.41, 5.74) is 3.03. The largest absolute Gasteiger partial charge is 0.417 e. The first-order valence-corrected chi connectivity index (χ1v) is 6.06. The first-order chi connectivity index (χ1) is 9.04. The quantitative estimate of drug-likeness (QED) is 0.658. The lowest BCUT2D eigenvalue weighted by Gasteiger charge is -2.31. The fraction of sp³-hybridized carbons (Fsp3) is 0.385. The fourth-order valence-corrected chi connectivity index (χ4v) is 2.42.